The molecule has 1 fully saturated rings. The molecule has 0 spiro atoms. The average molecular weight is 366 g/mol. The van der Waals surface area contributed by atoms with Gasteiger partial charge in [0, 0.05) is 30.1 Å². The van der Waals surface area contributed by atoms with Crippen molar-refractivity contribution in [1.29, 1.82) is 0 Å². The largest absolute Gasteiger partial charge is 0.496 e. The molecule has 5 heteroatoms. The number of epoxide rings is 1. The molecule has 0 amide bonds. The average Bonchev–Trinajstić information content (AvgIpc) is 3.26. The summed E-state index contributed by atoms with van der Waals surface area (Å²) in [6.07, 6.45) is 5.77. The van der Waals surface area contributed by atoms with Crippen LogP contribution in [0.4, 0.5) is 4.39 Å². The molecular formula is C22H23FN2O2. The van der Waals surface area contributed by atoms with Gasteiger partial charge in [-0.05, 0) is 49.2 Å². The van der Waals surface area contributed by atoms with Crippen LogP contribution in [0.1, 0.15) is 30.5 Å². The summed E-state index contributed by atoms with van der Waals surface area (Å²) in [5.74, 6) is 0.756. The number of imidazole rings is 1. The van der Waals surface area contributed by atoms with Gasteiger partial charge in [0.15, 0.2) is 0 Å². The summed E-state index contributed by atoms with van der Waals surface area (Å²) in [6, 6.07) is 14.0. The molecule has 2 aromatic carbocycles. The molecule has 140 valence electrons. The van der Waals surface area contributed by atoms with Crippen molar-refractivity contribution >= 4 is 0 Å². The van der Waals surface area contributed by atoms with Crippen LogP contribution < -0.4 is 4.74 Å². The quantitative estimate of drug-likeness (QED) is 0.605. The van der Waals surface area contributed by atoms with Crippen molar-refractivity contribution in [2.45, 2.75) is 31.5 Å². The third-order valence-electron chi connectivity index (χ3n) is 4.89. The van der Waals surface area contributed by atoms with E-state index in [-0.39, 0.29) is 0 Å². The number of methoxy groups -OCH3 is 1. The zero-order valence-corrected chi connectivity index (χ0v) is 15.8. The summed E-state index contributed by atoms with van der Waals surface area (Å²) < 4.78 is 27.6. The Balaban J connectivity index is 1.70. The van der Waals surface area contributed by atoms with Crippen LogP contribution >= 0.6 is 0 Å². The molecule has 1 aliphatic heterocycles. The standard InChI is InChI=1S/C22H23FN2O2/c1-21(2,23)13-16-4-9-20(26-3)19(12-16)22(14-27-22)17-5-7-18(8-6-17)25-11-10-24-15-25/h4-12,15H,13-14H2,1-3H3. The molecule has 1 aliphatic rings. The minimum atomic E-state index is -1.27. The maximum Gasteiger partial charge on any atom is 0.145 e. The smallest absolute Gasteiger partial charge is 0.145 e. The summed E-state index contributed by atoms with van der Waals surface area (Å²) in [6.45, 7) is 3.76. The summed E-state index contributed by atoms with van der Waals surface area (Å²) in [5.41, 5.74) is 2.17. The highest BCUT2D eigenvalue weighted by molar-refractivity contribution is 5.51. The topological polar surface area (TPSA) is 39.6 Å². The Morgan fingerprint density at radius 1 is 1.22 bits per heavy atom. The van der Waals surface area contributed by atoms with Gasteiger partial charge in [-0.1, -0.05) is 18.2 Å². The lowest BCUT2D eigenvalue weighted by atomic mass is 9.88. The summed E-state index contributed by atoms with van der Waals surface area (Å²) in [4.78, 5) is 4.08. The highest BCUT2D eigenvalue weighted by Gasteiger charge is 2.50. The first-order chi connectivity index (χ1) is 12.9. The molecule has 1 unspecified atom stereocenters. The minimum absolute atomic E-state index is 0.347. The van der Waals surface area contributed by atoms with Crippen LogP contribution in [0.25, 0.3) is 5.69 Å². The number of rotatable bonds is 6. The molecule has 2 heterocycles. The molecule has 1 aromatic heterocycles. The van der Waals surface area contributed by atoms with E-state index in [0.29, 0.717) is 13.0 Å². The fourth-order valence-corrected chi connectivity index (χ4v) is 3.53. The number of hydrogen-bond donors (Lipinski definition) is 0. The van der Waals surface area contributed by atoms with Crippen LogP contribution in [0.5, 0.6) is 5.75 Å². The monoisotopic (exact) mass is 366 g/mol. The SMILES string of the molecule is COc1ccc(CC(C)(C)F)cc1C1(c2ccc(-n3ccnc3)cc2)CO1. The zero-order valence-electron chi connectivity index (χ0n) is 15.8. The van der Waals surface area contributed by atoms with E-state index in [1.807, 2.05) is 41.1 Å². The van der Waals surface area contributed by atoms with E-state index >= 15 is 0 Å². The van der Waals surface area contributed by atoms with Gasteiger partial charge < -0.3 is 14.0 Å². The van der Waals surface area contributed by atoms with E-state index in [0.717, 1.165) is 28.1 Å². The van der Waals surface area contributed by atoms with Gasteiger partial charge in [-0.15, -0.1) is 0 Å². The Labute approximate surface area is 158 Å². The Kier molecular flexibility index (Phi) is 4.27. The van der Waals surface area contributed by atoms with Gasteiger partial charge in [-0.25, -0.2) is 9.37 Å². The lowest BCUT2D eigenvalue weighted by molar-refractivity contribution is 0.217. The number of ether oxygens (including phenoxy) is 2. The lowest BCUT2D eigenvalue weighted by Crippen LogP contribution is -2.17. The van der Waals surface area contributed by atoms with Gasteiger partial charge in [0.05, 0.1) is 20.0 Å². The van der Waals surface area contributed by atoms with Gasteiger partial charge in [-0.2, -0.15) is 0 Å². The highest BCUT2D eigenvalue weighted by Crippen LogP contribution is 2.49. The first-order valence-electron chi connectivity index (χ1n) is 9.00. The summed E-state index contributed by atoms with van der Waals surface area (Å²) in [5, 5.41) is 0. The van der Waals surface area contributed by atoms with Crippen molar-refractivity contribution in [3.05, 3.63) is 77.9 Å². The third-order valence-corrected chi connectivity index (χ3v) is 4.89. The number of nitrogens with zero attached hydrogens (tertiary/aromatic N) is 2. The van der Waals surface area contributed by atoms with E-state index in [9.17, 15) is 4.39 Å². The van der Waals surface area contributed by atoms with E-state index in [2.05, 4.69) is 17.1 Å². The Morgan fingerprint density at radius 3 is 2.52 bits per heavy atom. The number of benzene rings is 2. The maximum absolute atomic E-state index is 14.1. The van der Waals surface area contributed by atoms with Crippen LogP contribution in [-0.4, -0.2) is 28.9 Å². The fourth-order valence-electron chi connectivity index (χ4n) is 3.53. The summed E-state index contributed by atoms with van der Waals surface area (Å²) in [7, 11) is 1.65. The molecule has 0 N–H and O–H groups in total. The van der Waals surface area contributed by atoms with Gasteiger partial charge in [0.1, 0.15) is 17.0 Å². The van der Waals surface area contributed by atoms with Crippen molar-refractivity contribution < 1.29 is 13.9 Å². The zero-order chi connectivity index (χ0) is 19.1. The molecule has 0 saturated carbocycles. The Morgan fingerprint density at radius 2 is 1.96 bits per heavy atom. The van der Waals surface area contributed by atoms with Crippen LogP contribution in [0.15, 0.2) is 61.2 Å². The molecule has 0 aliphatic carbocycles. The van der Waals surface area contributed by atoms with Crippen LogP contribution in [0, 0.1) is 0 Å². The first kappa shape index (κ1) is 17.7. The van der Waals surface area contributed by atoms with E-state index < -0.39 is 11.3 Å². The van der Waals surface area contributed by atoms with Crippen molar-refractivity contribution in [2.24, 2.45) is 0 Å². The Hall–Kier alpha value is -2.66. The predicted octanol–water partition coefficient (Wildman–Crippen LogP) is 4.45. The van der Waals surface area contributed by atoms with Gasteiger partial charge in [0.2, 0.25) is 0 Å². The molecule has 1 atom stereocenters. The maximum atomic E-state index is 14.1. The van der Waals surface area contributed by atoms with E-state index in [1.165, 1.54) is 0 Å². The van der Waals surface area contributed by atoms with E-state index in [4.69, 9.17) is 9.47 Å². The highest BCUT2D eigenvalue weighted by atomic mass is 19.1. The number of halogens is 1. The van der Waals surface area contributed by atoms with Gasteiger partial charge in [-0.3, -0.25) is 0 Å². The minimum Gasteiger partial charge on any atom is -0.496 e. The van der Waals surface area contributed by atoms with Crippen molar-refractivity contribution in [3.8, 4) is 11.4 Å². The van der Waals surface area contributed by atoms with Crippen LogP contribution in [-0.2, 0) is 16.8 Å². The second-order valence-electron chi connectivity index (χ2n) is 7.56. The van der Waals surface area contributed by atoms with Crippen LogP contribution in [0.3, 0.4) is 0 Å². The van der Waals surface area contributed by atoms with Crippen molar-refractivity contribution in [1.82, 2.24) is 9.55 Å². The molecule has 4 nitrogen and oxygen atoms in total. The molecule has 27 heavy (non-hydrogen) atoms. The third kappa shape index (κ3) is 3.47. The second-order valence-corrected chi connectivity index (χ2v) is 7.56. The number of alkyl halides is 1. The molecule has 4 rings (SSSR count). The van der Waals surface area contributed by atoms with Gasteiger partial charge in [0.25, 0.3) is 0 Å². The molecule has 3 aromatic rings. The van der Waals surface area contributed by atoms with Crippen LogP contribution in [0.2, 0.25) is 0 Å². The molecular weight excluding hydrogens is 343 g/mol. The fraction of sp³-hybridized carbons (Fsp3) is 0.318. The molecule has 0 radical (unpaired) electrons. The normalized spacial score (nSPS) is 19.1. The van der Waals surface area contributed by atoms with Crippen molar-refractivity contribution in [3.63, 3.8) is 0 Å². The van der Waals surface area contributed by atoms with E-state index in [1.54, 1.807) is 33.5 Å². The first-order valence-corrected chi connectivity index (χ1v) is 9.00. The summed E-state index contributed by atoms with van der Waals surface area (Å²) >= 11 is 0. The molecule has 1 saturated heterocycles. The lowest BCUT2D eigenvalue weighted by Gasteiger charge is -2.20. The number of aromatic nitrogens is 2. The second kappa shape index (κ2) is 6.50. The molecule has 0 bridgehead atoms. The predicted molar refractivity (Wildman–Crippen MR) is 102 cm³/mol. The van der Waals surface area contributed by atoms with Crippen molar-refractivity contribution in [2.75, 3.05) is 13.7 Å². The van der Waals surface area contributed by atoms with Gasteiger partial charge >= 0.3 is 0 Å². The Bertz CT molecular complexity index is 924. The number of hydrogen-bond acceptors (Lipinski definition) is 3.